The molecule has 0 bridgehead atoms. The molecule has 0 heterocycles. The Morgan fingerprint density at radius 1 is 0.812 bits per heavy atom. The molecule has 0 unspecified atom stereocenters. The van der Waals surface area contributed by atoms with Gasteiger partial charge in [-0.15, -0.1) is 0 Å². The first-order chi connectivity index (χ1) is 7.69. The van der Waals surface area contributed by atoms with Crippen LogP contribution in [-0.2, 0) is 0 Å². The largest absolute Gasteiger partial charge is 0.186 e. The summed E-state index contributed by atoms with van der Waals surface area (Å²) in [4.78, 5) is 0. The standard InChI is InChI=1S/C10H22N6/c1-11-13-15(3)9-5-7-10(8-6-9)16(4)14-12-2/h9-10H,5-8H2,1-4H3/p+2. The van der Waals surface area contributed by atoms with Crippen molar-refractivity contribution in [2.45, 2.75) is 37.8 Å². The number of rotatable bonds is 4. The van der Waals surface area contributed by atoms with Crippen LogP contribution in [0.4, 0.5) is 0 Å². The Morgan fingerprint density at radius 3 is 1.38 bits per heavy atom. The minimum atomic E-state index is 0.562. The Hall–Kier alpha value is -1.20. The van der Waals surface area contributed by atoms with Gasteiger partial charge in [0, 0.05) is 0 Å². The molecule has 1 fully saturated rings. The second-order valence-electron chi connectivity index (χ2n) is 4.26. The van der Waals surface area contributed by atoms with Gasteiger partial charge in [0.15, 0.2) is 0 Å². The summed E-state index contributed by atoms with van der Waals surface area (Å²) in [6.07, 6.45) is 4.71. The first kappa shape index (κ1) is 12.9. The zero-order valence-electron chi connectivity index (χ0n) is 10.8. The Labute approximate surface area is 97.4 Å². The SMILES string of the molecule is CNN=[N+](C)C1CCC([N+](C)=NNC)CC1. The van der Waals surface area contributed by atoms with Gasteiger partial charge in [0.25, 0.3) is 0 Å². The maximum Gasteiger partial charge on any atom is 0.117 e. The summed E-state index contributed by atoms with van der Waals surface area (Å²) in [5.41, 5.74) is 5.66. The van der Waals surface area contributed by atoms with Crippen molar-refractivity contribution in [2.75, 3.05) is 28.2 Å². The molecule has 6 nitrogen and oxygen atoms in total. The van der Waals surface area contributed by atoms with Gasteiger partial charge in [-0.2, -0.15) is 20.2 Å². The molecule has 1 aliphatic rings. The fourth-order valence-corrected chi connectivity index (χ4v) is 2.28. The second-order valence-corrected chi connectivity index (χ2v) is 4.26. The number of hydrogen-bond acceptors (Lipinski definition) is 2. The van der Waals surface area contributed by atoms with Crippen LogP contribution in [-0.4, -0.2) is 49.7 Å². The molecule has 1 saturated carbocycles. The van der Waals surface area contributed by atoms with Crippen LogP contribution >= 0.6 is 0 Å². The van der Waals surface area contributed by atoms with Gasteiger partial charge in [0.1, 0.15) is 12.1 Å². The highest BCUT2D eigenvalue weighted by molar-refractivity contribution is 4.70. The molecule has 6 heteroatoms. The minimum absolute atomic E-state index is 0.562. The van der Waals surface area contributed by atoms with Crippen molar-refractivity contribution in [3.05, 3.63) is 0 Å². The van der Waals surface area contributed by atoms with Crippen molar-refractivity contribution < 1.29 is 9.39 Å². The quantitative estimate of drug-likeness (QED) is 0.424. The van der Waals surface area contributed by atoms with Crippen molar-refractivity contribution in [1.29, 1.82) is 0 Å². The van der Waals surface area contributed by atoms with E-state index < -0.39 is 0 Å². The lowest BCUT2D eigenvalue weighted by atomic mass is 9.91. The summed E-state index contributed by atoms with van der Waals surface area (Å²) < 4.78 is 4.07. The summed E-state index contributed by atoms with van der Waals surface area (Å²) in [6.45, 7) is 0. The predicted octanol–water partition coefficient (Wildman–Crippen LogP) is 0.755. The molecule has 0 aromatic carbocycles. The zero-order chi connectivity index (χ0) is 12.0. The smallest absolute Gasteiger partial charge is 0.117 e. The molecule has 92 valence electrons. The Kier molecular flexibility index (Phi) is 5.14. The molecule has 0 aromatic rings. The summed E-state index contributed by atoms with van der Waals surface area (Å²) in [5, 5.41) is 8.38. The van der Waals surface area contributed by atoms with Gasteiger partial charge < -0.3 is 0 Å². The van der Waals surface area contributed by atoms with E-state index in [9.17, 15) is 0 Å². The van der Waals surface area contributed by atoms with Crippen molar-refractivity contribution in [3.8, 4) is 0 Å². The van der Waals surface area contributed by atoms with E-state index in [0.29, 0.717) is 12.1 Å². The van der Waals surface area contributed by atoms with Gasteiger partial charge in [-0.1, -0.05) is 0 Å². The minimum Gasteiger partial charge on any atom is -0.186 e. The van der Waals surface area contributed by atoms with Gasteiger partial charge in [0.05, 0.1) is 38.6 Å². The lowest BCUT2D eigenvalue weighted by Gasteiger charge is -2.24. The molecule has 1 aliphatic carbocycles. The molecule has 0 amide bonds. The molecule has 0 spiro atoms. The lowest BCUT2D eigenvalue weighted by molar-refractivity contribution is -0.633. The normalized spacial score (nSPS) is 27.8. The molecular formula is C10H24N6+2. The molecule has 0 aromatic heterocycles. The highest BCUT2D eigenvalue weighted by Gasteiger charge is 2.28. The Morgan fingerprint density at radius 2 is 1.12 bits per heavy atom. The number of nitrogens with zero attached hydrogens (tertiary/aromatic N) is 4. The van der Waals surface area contributed by atoms with Crippen molar-refractivity contribution >= 4 is 0 Å². The van der Waals surface area contributed by atoms with Crippen LogP contribution in [0.5, 0.6) is 0 Å². The monoisotopic (exact) mass is 228 g/mol. The fourth-order valence-electron chi connectivity index (χ4n) is 2.28. The van der Waals surface area contributed by atoms with Crippen LogP contribution in [0.25, 0.3) is 0 Å². The van der Waals surface area contributed by atoms with E-state index >= 15 is 0 Å². The van der Waals surface area contributed by atoms with E-state index in [2.05, 4.69) is 21.3 Å². The summed E-state index contributed by atoms with van der Waals surface area (Å²) in [5.74, 6) is 0. The maximum absolute atomic E-state index is 4.19. The average Bonchev–Trinajstić information content (AvgIpc) is 2.30. The van der Waals surface area contributed by atoms with Crippen LogP contribution in [0.15, 0.2) is 10.4 Å². The highest BCUT2D eigenvalue weighted by Crippen LogP contribution is 2.22. The van der Waals surface area contributed by atoms with Crippen molar-refractivity contribution in [1.82, 2.24) is 10.9 Å². The Bertz CT molecular complexity index is 236. The zero-order valence-corrected chi connectivity index (χ0v) is 10.8. The van der Waals surface area contributed by atoms with Crippen LogP contribution < -0.4 is 10.9 Å². The fraction of sp³-hybridized carbons (Fsp3) is 1.00. The van der Waals surface area contributed by atoms with E-state index in [4.69, 9.17) is 0 Å². The van der Waals surface area contributed by atoms with E-state index in [-0.39, 0.29) is 0 Å². The van der Waals surface area contributed by atoms with Crippen LogP contribution in [0.1, 0.15) is 25.7 Å². The summed E-state index contributed by atoms with van der Waals surface area (Å²) in [6, 6.07) is 1.12. The third-order valence-electron chi connectivity index (χ3n) is 3.24. The van der Waals surface area contributed by atoms with Crippen LogP contribution in [0.3, 0.4) is 0 Å². The summed E-state index contributed by atoms with van der Waals surface area (Å²) >= 11 is 0. The summed E-state index contributed by atoms with van der Waals surface area (Å²) in [7, 11) is 7.73. The molecule has 0 radical (unpaired) electrons. The predicted molar refractivity (Wildman–Crippen MR) is 61.4 cm³/mol. The first-order valence-corrected chi connectivity index (χ1v) is 5.89. The molecule has 0 aliphatic heterocycles. The number of hydrogen-bond donors (Lipinski definition) is 2. The van der Waals surface area contributed by atoms with Crippen LogP contribution in [0.2, 0.25) is 0 Å². The van der Waals surface area contributed by atoms with Crippen molar-refractivity contribution in [3.63, 3.8) is 0 Å². The number of nitrogens with one attached hydrogen (secondary N) is 2. The third kappa shape index (κ3) is 3.43. The van der Waals surface area contributed by atoms with Gasteiger partial charge in [-0.3, -0.25) is 0 Å². The molecule has 16 heavy (non-hydrogen) atoms. The van der Waals surface area contributed by atoms with Gasteiger partial charge in [-0.05, 0) is 25.7 Å². The van der Waals surface area contributed by atoms with E-state index in [1.165, 1.54) is 25.7 Å². The lowest BCUT2D eigenvalue weighted by Crippen LogP contribution is -2.35. The average molecular weight is 228 g/mol. The molecule has 0 atom stereocenters. The molecule has 2 N–H and O–H groups in total. The first-order valence-electron chi connectivity index (χ1n) is 5.89. The Balaban J connectivity index is 2.45. The topological polar surface area (TPSA) is 54.8 Å². The maximum atomic E-state index is 4.19. The van der Waals surface area contributed by atoms with E-state index in [1.54, 1.807) is 0 Å². The van der Waals surface area contributed by atoms with Crippen molar-refractivity contribution in [2.24, 2.45) is 10.4 Å². The highest BCUT2D eigenvalue weighted by atomic mass is 15.5. The third-order valence-corrected chi connectivity index (χ3v) is 3.24. The van der Waals surface area contributed by atoms with Gasteiger partial charge in [-0.25, -0.2) is 0 Å². The van der Waals surface area contributed by atoms with Crippen LogP contribution in [0, 0.1) is 0 Å². The molecule has 0 saturated heterocycles. The van der Waals surface area contributed by atoms with E-state index in [1.807, 2.05) is 37.6 Å². The second kappa shape index (κ2) is 6.40. The molecular weight excluding hydrogens is 204 g/mol. The molecule has 1 rings (SSSR count). The van der Waals surface area contributed by atoms with E-state index in [0.717, 1.165) is 0 Å². The van der Waals surface area contributed by atoms with Gasteiger partial charge in [0.2, 0.25) is 0 Å². The van der Waals surface area contributed by atoms with Gasteiger partial charge >= 0.3 is 0 Å².